The molecule has 19 heteroatoms. The molecule has 3 aromatic carbocycles. The number of thiophene rings is 1. The average molecular weight is 1130 g/mol. The van der Waals surface area contributed by atoms with E-state index in [0.717, 1.165) is 17.0 Å². The lowest BCUT2D eigenvalue weighted by Gasteiger charge is -2.29. The van der Waals surface area contributed by atoms with Crippen LogP contribution in [0.5, 0.6) is 34.5 Å². The van der Waals surface area contributed by atoms with E-state index in [1.54, 1.807) is 36.4 Å². The van der Waals surface area contributed by atoms with E-state index in [2.05, 4.69) is 13.2 Å². The number of thiazole rings is 1. The quantitative estimate of drug-likeness (QED) is 0.0426. The summed E-state index contributed by atoms with van der Waals surface area (Å²) in [5.41, 5.74) is 0.430. The van der Waals surface area contributed by atoms with Crippen molar-refractivity contribution < 1.29 is 76.3 Å². The summed E-state index contributed by atoms with van der Waals surface area (Å²) in [5.74, 6) is -3.13. The third kappa shape index (κ3) is 15.0. The second kappa shape index (κ2) is 27.1. The van der Waals surface area contributed by atoms with Crippen LogP contribution in [0.25, 0.3) is 20.1 Å². The lowest BCUT2D eigenvalue weighted by Crippen LogP contribution is -2.31. The minimum Gasteiger partial charge on any atom is -0.465 e. The Labute approximate surface area is 470 Å². The number of carbonyl (C=O) groups excluding carboxylic acids is 8. The van der Waals surface area contributed by atoms with E-state index in [1.165, 1.54) is 46.9 Å². The Bertz CT molecular complexity index is 2860. The molecule has 2 heterocycles. The summed E-state index contributed by atoms with van der Waals surface area (Å²) in [6.07, 6.45) is 11.2. The van der Waals surface area contributed by atoms with Gasteiger partial charge in [0.05, 0.1) is 53.6 Å². The Balaban J connectivity index is 0.687. The van der Waals surface area contributed by atoms with Gasteiger partial charge in [0, 0.05) is 12.2 Å². The highest BCUT2D eigenvalue weighted by molar-refractivity contribution is 7.25. The Kier molecular flexibility index (Phi) is 19.4. The van der Waals surface area contributed by atoms with E-state index >= 15 is 0 Å². The van der Waals surface area contributed by atoms with Gasteiger partial charge < -0.3 is 37.9 Å². The molecule has 2 aromatic heterocycles. The highest BCUT2D eigenvalue weighted by Gasteiger charge is 2.36. The maximum Gasteiger partial charge on any atom is 0.335 e. The summed E-state index contributed by atoms with van der Waals surface area (Å²) in [5, 5.41) is 2.65. The molecule has 0 amide bonds. The first-order chi connectivity index (χ1) is 38.8. The summed E-state index contributed by atoms with van der Waals surface area (Å²) in [7, 11) is 0. The molecule has 5 aromatic rings. The Hall–Kier alpha value is -7.51. The first-order valence-electron chi connectivity index (χ1n) is 27.3. The third-order valence-electron chi connectivity index (χ3n) is 15.5. The molecule has 17 nitrogen and oxygen atoms in total. The molecule has 0 bridgehead atoms. The molecule has 9 rings (SSSR count). The van der Waals surface area contributed by atoms with Gasteiger partial charge in [0.25, 0.3) is 0 Å². The van der Waals surface area contributed by atoms with Gasteiger partial charge in [-0.3, -0.25) is 28.8 Å². The molecule has 4 aliphatic carbocycles. The zero-order chi connectivity index (χ0) is 56.1. The average Bonchev–Trinajstić information content (AvgIpc) is 4.22. The van der Waals surface area contributed by atoms with Crippen LogP contribution in [0.15, 0.2) is 103 Å². The zero-order valence-corrected chi connectivity index (χ0v) is 45.8. The number of benzene rings is 3. The van der Waals surface area contributed by atoms with Gasteiger partial charge in [0.1, 0.15) is 38.2 Å². The van der Waals surface area contributed by atoms with Crippen LogP contribution in [-0.4, -0.2) is 66.0 Å². The highest BCUT2D eigenvalue weighted by atomic mass is 32.1. The van der Waals surface area contributed by atoms with E-state index < -0.39 is 11.9 Å². The van der Waals surface area contributed by atoms with E-state index in [-0.39, 0.29) is 102 Å². The van der Waals surface area contributed by atoms with Crippen LogP contribution in [0.2, 0.25) is 0 Å². The number of ether oxygens (including phenoxy) is 8. The van der Waals surface area contributed by atoms with Crippen LogP contribution >= 0.6 is 22.7 Å². The van der Waals surface area contributed by atoms with Crippen molar-refractivity contribution in [3.63, 3.8) is 0 Å². The second-order valence-corrected chi connectivity index (χ2v) is 22.9. The minimum atomic E-state index is -0.591. The first-order valence-corrected chi connectivity index (χ1v) is 29.0. The number of fused-ring (bicyclic) bond motifs is 1. The van der Waals surface area contributed by atoms with Gasteiger partial charge in [-0.1, -0.05) is 19.2 Å². The summed E-state index contributed by atoms with van der Waals surface area (Å²) in [6, 6.07) is 19.5. The van der Waals surface area contributed by atoms with Crippen LogP contribution in [0.4, 0.5) is 0 Å². The molecular weight excluding hydrogens is 1070 g/mol. The predicted molar refractivity (Wildman–Crippen MR) is 294 cm³/mol. The summed E-state index contributed by atoms with van der Waals surface area (Å²) >= 11 is 2.89. The zero-order valence-electron chi connectivity index (χ0n) is 44.2. The molecule has 4 saturated carbocycles. The van der Waals surface area contributed by atoms with Crippen molar-refractivity contribution in [3.8, 4) is 44.4 Å². The van der Waals surface area contributed by atoms with E-state index in [9.17, 15) is 38.4 Å². The lowest BCUT2D eigenvalue weighted by atomic mass is 9.81. The first kappa shape index (κ1) is 57.2. The topological polar surface area (TPSA) is 223 Å². The number of carbonyl (C=O) groups is 8. The number of aromatic nitrogens is 1. The molecule has 420 valence electrons. The maximum absolute atomic E-state index is 13.7. The molecule has 80 heavy (non-hydrogen) atoms. The number of hydrogen-bond acceptors (Lipinski definition) is 19. The van der Waals surface area contributed by atoms with Crippen LogP contribution in [-0.2, 0) is 47.8 Å². The molecule has 0 atom stereocenters. The Morgan fingerprint density at radius 1 is 0.438 bits per heavy atom. The van der Waals surface area contributed by atoms with E-state index in [1.807, 2.05) is 17.5 Å². The van der Waals surface area contributed by atoms with Crippen molar-refractivity contribution in [2.75, 3.05) is 13.2 Å². The molecule has 0 spiro atoms. The van der Waals surface area contributed by atoms with Crippen LogP contribution in [0, 0.1) is 47.3 Å². The van der Waals surface area contributed by atoms with Crippen LogP contribution in [0.3, 0.4) is 0 Å². The lowest BCUT2D eigenvalue weighted by molar-refractivity contribution is -0.154. The second-order valence-electron chi connectivity index (χ2n) is 20.9. The number of nitrogens with zero attached hydrogens (tertiary/aromatic N) is 1. The fourth-order valence-corrected chi connectivity index (χ4v) is 12.6. The molecule has 0 aliphatic heterocycles. The van der Waals surface area contributed by atoms with Crippen molar-refractivity contribution in [1.29, 1.82) is 0 Å². The molecule has 0 N–H and O–H groups in total. The molecule has 0 radical (unpaired) electrons. The third-order valence-corrected chi connectivity index (χ3v) is 17.7. The fraction of sp³-hybridized carbons (Fsp3) is 0.426. The molecule has 4 fully saturated rings. The summed E-state index contributed by atoms with van der Waals surface area (Å²) in [6.45, 7) is 7.25. The fourth-order valence-electron chi connectivity index (χ4n) is 10.8. The van der Waals surface area contributed by atoms with E-state index in [4.69, 9.17) is 42.9 Å². The van der Waals surface area contributed by atoms with Gasteiger partial charge in [-0.2, -0.15) is 0 Å². The number of hydrogen-bond donors (Lipinski definition) is 0. The van der Waals surface area contributed by atoms with Gasteiger partial charge in [-0.05, 0) is 187 Å². The van der Waals surface area contributed by atoms with Gasteiger partial charge in [-0.25, -0.2) is 14.6 Å². The highest BCUT2D eigenvalue weighted by Crippen LogP contribution is 2.44. The van der Waals surface area contributed by atoms with Crippen molar-refractivity contribution in [3.05, 3.63) is 103 Å². The molecule has 4 aliphatic rings. The van der Waals surface area contributed by atoms with Crippen molar-refractivity contribution in [1.82, 2.24) is 4.98 Å². The van der Waals surface area contributed by atoms with Crippen molar-refractivity contribution in [2.24, 2.45) is 47.3 Å². The summed E-state index contributed by atoms with van der Waals surface area (Å²) < 4.78 is 45.5. The number of rotatable bonds is 19. The Morgan fingerprint density at radius 2 is 0.787 bits per heavy atom. The monoisotopic (exact) mass is 1130 g/mol. The normalized spacial score (nSPS) is 22.8. The van der Waals surface area contributed by atoms with Crippen molar-refractivity contribution >= 4 is 80.6 Å². The Morgan fingerprint density at radius 3 is 1.18 bits per heavy atom. The number of esters is 8. The standard InChI is InChI=1S/C61H63NO16S2/c1-3-51(63)73-44-23-27-46(28-24-44)75-58(67)42-19-15-38(16-20-42)56(65)71-34-36-7-11-40(12-8-36)60(69)77-48-31-32-49(54-53(48)62-55(80-54)50-6-5-33-79-50)78-61(70)41-13-9-37(10-14-41)35-72-57(66)39-17-21-43(22-18-39)59(68)76-47-29-25-45(26-30-47)74-52(64)4-2/h3-6,23-33,36-43H,1-2,7-22,34-35H2. The van der Waals surface area contributed by atoms with Crippen LogP contribution < -0.4 is 28.4 Å². The van der Waals surface area contributed by atoms with Crippen LogP contribution in [0.1, 0.15) is 103 Å². The molecular formula is C61H63NO16S2. The SMILES string of the molecule is C=CC(=O)Oc1ccc(OC(=O)C2CCC(C(=O)OCC3CCC(C(=O)Oc4ccc(OC(=O)C5CCC(COC(=O)C6CCC(C(=O)Oc7ccc(OC(=O)C=C)cc7)CC6)CC5)c5sc(-c6cccs6)nc45)CC3)CC2)cc1. The minimum absolute atomic E-state index is 0.0995. The van der Waals surface area contributed by atoms with Gasteiger partial charge in [0.15, 0.2) is 11.5 Å². The molecule has 0 saturated heterocycles. The maximum atomic E-state index is 13.7. The predicted octanol–water partition coefficient (Wildman–Crippen LogP) is 11.5. The molecule has 0 unspecified atom stereocenters. The largest absolute Gasteiger partial charge is 0.465 e. The van der Waals surface area contributed by atoms with Gasteiger partial charge >= 0.3 is 47.8 Å². The smallest absolute Gasteiger partial charge is 0.335 e. The van der Waals surface area contributed by atoms with Gasteiger partial charge in [0.2, 0.25) is 0 Å². The summed E-state index contributed by atoms with van der Waals surface area (Å²) in [4.78, 5) is 108. The van der Waals surface area contributed by atoms with Gasteiger partial charge in [-0.15, -0.1) is 22.7 Å². The van der Waals surface area contributed by atoms with E-state index in [0.29, 0.717) is 147 Å². The van der Waals surface area contributed by atoms with Crippen molar-refractivity contribution in [2.45, 2.75) is 103 Å².